The van der Waals surface area contributed by atoms with Crippen LogP contribution in [0.15, 0.2) is 18.2 Å². The Morgan fingerprint density at radius 1 is 1.05 bits per heavy atom. The van der Waals surface area contributed by atoms with Crippen LogP contribution in [0.3, 0.4) is 0 Å². The van der Waals surface area contributed by atoms with Gasteiger partial charge in [0.15, 0.2) is 0 Å². The van der Waals surface area contributed by atoms with Crippen molar-refractivity contribution in [2.45, 2.75) is 53.4 Å². The van der Waals surface area contributed by atoms with E-state index in [1.54, 1.807) is 0 Å². The molecule has 0 aliphatic rings. The Kier molecular flexibility index (Phi) is 8.36. The van der Waals surface area contributed by atoms with Crippen LogP contribution in [0.2, 0.25) is 0 Å². The summed E-state index contributed by atoms with van der Waals surface area (Å²) in [6.07, 6.45) is 4.98. The van der Waals surface area contributed by atoms with Crippen LogP contribution in [0.5, 0.6) is 5.75 Å². The van der Waals surface area contributed by atoms with E-state index in [4.69, 9.17) is 4.74 Å². The second-order valence-electron chi connectivity index (χ2n) is 6.06. The molecule has 0 aromatic heterocycles. The summed E-state index contributed by atoms with van der Waals surface area (Å²) in [4.78, 5) is 0. The largest absolute Gasteiger partial charge is 0.493 e. The number of aryl methyl sites for hydroxylation is 1. The number of rotatable bonds is 10. The Labute approximate surface area is 124 Å². The molecule has 0 fully saturated rings. The van der Waals surface area contributed by atoms with E-state index in [0.29, 0.717) is 0 Å². The van der Waals surface area contributed by atoms with Crippen LogP contribution in [0.4, 0.5) is 0 Å². The third kappa shape index (κ3) is 6.95. The van der Waals surface area contributed by atoms with Gasteiger partial charge in [-0.1, -0.05) is 38.8 Å². The average molecular weight is 277 g/mol. The second kappa shape index (κ2) is 9.82. The first-order valence-corrected chi connectivity index (χ1v) is 8.01. The van der Waals surface area contributed by atoms with E-state index in [1.165, 1.54) is 30.4 Å². The van der Waals surface area contributed by atoms with Gasteiger partial charge >= 0.3 is 0 Å². The van der Waals surface area contributed by atoms with E-state index in [2.05, 4.69) is 51.2 Å². The fourth-order valence-electron chi connectivity index (χ4n) is 2.16. The summed E-state index contributed by atoms with van der Waals surface area (Å²) < 4.78 is 5.86. The van der Waals surface area contributed by atoms with Crippen LogP contribution in [0.25, 0.3) is 0 Å². The fourth-order valence-corrected chi connectivity index (χ4v) is 2.16. The van der Waals surface area contributed by atoms with Crippen molar-refractivity contribution in [1.29, 1.82) is 0 Å². The van der Waals surface area contributed by atoms with Gasteiger partial charge in [-0.25, -0.2) is 0 Å². The highest BCUT2D eigenvalue weighted by Gasteiger charge is 2.01. The van der Waals surface area contributed by atoms with Gasteiger partial charge in [0.2, 0.25) is 0 Å². The Bertz CT molecular complexity index is 374. The van der Waals surface area contributed by atoms with Crippen molar-refractivity contribution in [1.82, 2.24) is 5.32 Å². The van der Waals surface area contributed by atoms with Crippen molar-refractivity contribution in [3.05, 3.63) is 29.3 Å². The van der Waals surface area contributed by atoms with E-state index in [-0.39, 0.29) is 0 Å². The molecule has 20 heavy (non-hydrogen) atoms. The first kappa shape index (κ1) is 17.0. The van der Waals surface area contributed by atoms with Crippen LogP contribution in [0, 0.1) is 19.8 Å². The molecule has 0 amide bonds. The molecule has 0 saturated carbocycles. The van der Waals surface area contributed by atoms with E-state index >= 15 is 0 Å². The SMILES string of the molecule is Cc1cccc(OCCCCCCNCC(C)C)c1C. The van der Waals surface area contributed by atoms with Gasteiger partial charge in [-0.3, -0.25) is 0 Å². The minimum Gasteiger partial charge on any atom is -0.493 e. The molecule has 1 aromatic carbocycles. The van der Waals surface area contributed by atoms with Crippen molar-refractivity contribution in [3.63, 3.8) is 0 Å². The van der Waals surface area contributed by atoms with E-state index < -0.39 is 0 Å². The minimum atomic E-state index is 0.751. The summed E-state index contributed by atoms with van der Waals surface area (Å²) in [5, 5.41) is 3.48. The molecule has 0 saturated heterocycles. The molecule has 0 atom stereocenters. The van der Waals surface area contributed by atoms with E-state index in [1.807, 2.05) is 0 Å². The summed E-state index contributed by atoms with van der Waals surface area (Å²) in [5.74, 6) is 1.80. The highest BCUT2D eigenvalue weighted by atomic mass is 16.5. The van der Waals surface area contributed by atoms with Crippen LogP contribution in [-0.2, 0) is 0 Å². The highest BCUT2D eigenvalue weighted by molar-refractivity contribution is 5.38. The predicted octanol–water partition coefficient (Wildman–Crippen LogP) is 4.49. The van der Waals surface area contributed by atoms with Crippen LogP contribution >= 0.6 is 0 Å². The molecule has 0 unspecified atom stereocenters. The van der Waals surface area contributed by atoms with Crippen LogP contribution in [0.1, 0.15) is 50.7 Å². The molecule has 0 spiro atoms. The number of hydrogen-bond acceptors (Lipinski definition) is 2. The van der Waals surface area contributed by atoms with Gasteiger partial charge in [-0.2, -0.15) is 0 Å². The molecule has 0 bridgehead atoms. The lowest BCUT2D eigenvalue weighted by atomic mass is 10.1. The monoisotopic (exact) mass is 277 g/mol. The summed E-state index contributed by atoms with van der Waals surface area (Å²) in [6.45, 7) is 11.9. The van der Waals surface area contributed by atoms with Gasteiger partial charge in [0.1, 0.15) is 5.75 Å². The summed E-state index contributed by atoms with van der Waals surface area (Å²) in [7, 11) is 0. The second-order valence-corrected chi connectivity index (χ2v) is 6.06. The highest BCUT2D eigenvalue weighted by Crippen LogP contribution is 2.20. The lowest BCUT2D eigenvalue weighted by Gasteiger charge is -2.11. The van der Waals surface area contributed by atoms with Crippen molar-refractivity contribution in [2.75, 3.05) is 19.7 Å². The van der Waals surface area contributed by atoms with E-state index in [9.17, 15) is 0 Å². The van der Waals surface area contributed by atoms with Gasteiger partial charge in [0.05, 0.1) is 6.61 Å². The maximum Gasteiger partial charge on any atom is 0.122 e. The molecule has 114 valence electrons. The standard InChI is InChI=1S/C18H31NO/c1-15(2)14-19-12-7-5-6-8-13-20-18-11-9-10-16(3)17(18)4/h9-11,15,19H,5-8,12-14H2,1-4H3. The number of benzene rings is 1. The molecule has 0 aliphatic carbocycles. The van der Waals surface area contributed by atoms with Crippen molar-refractivity contribution >= 4 is 0 Å². The summed E-state index contributed by atoms with van der Waals surface area (Å²) in [5.41, 5.74) is 2.57. The van der Waals surface area contributed by atoms with Gasteiger partial charge in [0, 0.05) is 0 Å². The normalized spacial score (nSPS) is 11.1. The smallest absolute Gasteiger partial charge is 0.122 e. The minimum absolute atomic E-state index is 0.751. The molecule has 0 aliphatic heterocycles. The van der Waals surface area contributed by atoms with Crippen molar-refractivity contribution in [2.24, 2.45) is 5.92 Å². The van der Waals surface area contributed by atoms with Gasteiger partial charge in [-0.15, -0.1) is 0 Å². The Morgan fingerprint density at radius 3 is 2.55 bits per heavy atom. The zero-order valence-corrected chi connectivity index (χ0v) is 13.7. The first-order valence-electron chi connectivity index (χ1n) is 8.01. The first-order chi connectivity index (χ1) is 9.61. The molecule has 0 radical (unpaired) electrons. The molecular weight excluding hydrogens is 246 g/mol. The van der Waals surface area contributed by atoms with Crippen molar-refractivity contribution in [3.8, 4) is 5.75 Å². The fraction of sp³-hybridized carbons (Fsp3) is 0.667. The van der Waals surface area contributed by atoms with Gasteiger partial charge in [0.25, 0.3) is 0 Å². The van der Waals surface area contributed by atoms with Crippen LogP contribution < -0.4 is 10.1 Å². The Balaban J connectivity index is 2.01. The maximum atomic E-state index is 5.86. The van der Waals surface area contributed by atoms with Crippen molar-refractivity contribution < 1.29 is 4.74 Å². The zero-order valence-electron chi connectivity index (χ0n) is 13.7. The third-order valence-corrected chi connectivity index (χ3v) is 3.61. The van der Waals surface area contributed by atoms with E-state index in [0.717, 1.165) is 37.8 Å². The lowest BCUT2D eigenvalue weighted by Crippen LogP contribution is -2.20. The van der Waals surface area contributed by atoms with Gasteiger partial charge in [-0.05, 0) is 62.9 Å². The molecule has 1 N–H and O–H groups in total. The van der Waals surface area contributed by atoms with Gasteiger partial charge < -0.3 is 10.1 Å². The molecule has 1 aromatic rings. The lowest BCUT2D eigenvalue weighted by molar-refractivity contribution is 0.302. The average Bonchev–Trinajstić information content (AvgIpc) is 2.41. The molecular formula is C18H31NO. The Hall–Kier alpha value is -1.02. The number of nitrogens with one attached hydrogen (secondary N) is 1. The molecule has 0 heterocycles. The quantitative estimate of drug-likeness (QED) is 0.636. The summed E-state index contributed by atoms with van der Waals surface area (Å²) >= 11 is 0. The zero-order chi connectivity index (χ0) is 14.8. The number of hydrogen-bond donors (Lipinski definition) is 1. The third-order valence-electron chi connectivity index (χ3n) is 3.61. The topological polar surface area (TPSA) is 21.3 Å². The molecule has 2 nitrogen and oxygen atoms in total. The molecule has 1 rings (SSSR count). The Morgan fingerprint density at radius 2 is 1.80 bits per heavy atom. The summed E-state index contributed by atoms with van der Waals surface area (Å²) in [6, 6.07) is 6.27. The maximum absolute atomic E-state index is 5.86. The number of ether oxygens (including phenoxy) is 1. The predicted molar refractivity (Wildman–Crippen MR) is 87.6 cm³/mol. The van der Waals surface area contributed by atoms with Crippen LogP contribution in [-0.4, -0.2) is 19.7 Å². The number of unbranched alkanes of at least 4 members (excludes halogenated alkanes) is 3. The molecule has 2 heteroatoms.